The lowest BCUT2D eigenvalue weighted by atomic mass is 10.3. The van der Waals surface area contributed by atoms with E-state index < -0.39 is 6.43 Å². The van der Waals surface area contributed by atoms with Crippen molar-refractivity contribution in [3.8, 4) is 0 Å². The van der Waals surface area contributed by atoms with Crippen LogP contribution >= 0.6 is 27.3 Å². The van der Waals surface area contributed by atoms with Crippen molar-refractivity contribution in [3.05, 3.63) is 20.3 Å². The Labute approximate surface area is 82.7 Å². The van der Waals surface area contributed by atoms with Crippen molar-refractivity contribution in [3.63, 3.8) is 0 Å². The minimum Gasteiger partial charge on any atom is -0.204 e. The van der Waals surface area contributed by atoms with Crippen LogP contribution in [0.3, 0.4) is 0 Å². The molecule has 12 heavy (non-hydrogen) atoms. The Morgan fingerprint density at radius 1 is 1.58 bits per heavy atom. The molecule has 1 heterocycles. The molecule has 0 aromatic carbocycles. The van der Waals surface area contributed by atoms with Gasteiger partial charge in [-0.15, -0.1) is 11.3 Å². The first-order valence-electron chi connectivity index (χ1n) is 3.71. The highest BCUT2D eigenvalue weighted by molar-refractivity contribution is 9.10. The lowest BCUT2D eigenvalue weighted by molar-refractivity contribution is 0.155. The topological polar surface area (TPSA) is 0 Å². The summed E-state index contributed by atoms with van der Waals surface area (Å²) in [7, 11) is 0. The fraction of sp³-hybridized carbons (Fsp3) is 0.500. The minimum atomic E-state index is -2.34. The Morgan fingerprint density at radius 3 is 2.67 bits per heavy atom. The Morgan fingerprint density at radius 2 is 2.25 bits per heavy atom. The summed E-state index contributed by atoms with van der Waals surface area (Å²) in [6, 6.07) is 1.51. The van der Waals surface area contributed by atoms with Crippen molar-refractivity contribution in [2.75, 3.05) is 0 Å². The van der Waals surface area contributed by atoms with Gasteiger partial charge in [0.1, 0.15) is 0 Å². The first-order chi connectivity index (χ1) is 5.65. The lowest BCUT2D eigenvalue weighted by Gasteiger charge is -1.92. The van der Waals surface area contributed by atoms with Gasteiger partial charge >= 0.3 is 0 Å². The predicted molar refractivity (Wildman–Crippen MR) is 51.0 cm³/mol. The van der Waals surface area contributed by atoms with Crippen molar-refractivity contribution in [2.45, 2.75) is 26.2 Å². The zero-order chi connectivity index (χ0) is 9.14. The maximum absolute atomic E-state index is 12.2. The highest BCUT2D eigenvalue weighted by atomic mass is 79.9. The second-order valence-electron chi connectivity index (χ2n) is 2.47. The molecule has 0 spiro atoms. The Kier molecular flexibility index (Phi) is 3.65. The van der Waals surface area contributed by atoms with Crippen LogP contribution in [0.2, 0.25) is 0 Å². The molecule has 4 heteroatoms. The zero-order valence-electron chi connectivity index (χ0n) is 6.61. The van der Waals surface area contributed by atoms with Crippen molar-refractivity contribution < 1.29 is 8.78 Å². The number of thiophene rings is 1. The van der Waals surface area contributed by atoms with E-state index in [1.807, 2.05) is 6.92 Å². The molecule has 0 saturated heterocycles. The molecule has 1 aromatic heterocycles. The van der Waals surface area contributed by atoms with E-state index in [0.29, 0.717) is 0 Å². The van der Waals surface area contributed by atoms with Gasteiger partial charge in [-0.1, -0.05) is 13.3 Å². The van der Waals surface area contributed by atoms with Crippen LogP contribution in [0.25, 0.3) is 0 Å². The molecular weight excluding hydrogens is 246 g/mol. The van der Waals surface area contributed by atoms with Crippen molar-refractivity contribution >= 4 is 27.3 Å². The normalized spacial score (nSPS) is 11.1. The van der Waals surface area contributed by atoms with Gasteiger partial charge in [0.15, 0.2) is 0 Å². The summed E-state index contributed by atoms with van der Waals surface area (Å²) in [6.07, 6.45) is -0.475. The maximum atomic E-state index is 12.2. The zero-order valence-corrected chi connectivity index (χ0v) is 9.01. The summed E-state index contributed by atoms with van der Waals surface area (Å²) in [5.74, 6) is 0. The van der Waals surface area contributed by atoms with E-state index in [1.165, 1.54) is 17.4 Å². The van der Waals surface area contributed by atoms with E-state index in [-0.39, 0.29) is 4.88 Å². The molecule has 68 valence electrons. The largest absolute Gasteiger partial charge is 0.272 e. The van der Waals surface area contributed by atoms with Crippen LogP contribution in [-0.2, 0) is 6.42 Å². The molecule has 1 aromatic rings. The second kappa shape index (κ2) is 4.33. The third-order valence-corrected chi connectivity index (χ3v) is 3.64. The minimum absolute atomic E-state index is 0.158. The fourth-order valence-electron chi connectivity index (χ4n) is 0.931. The number of halogens is 3. The van der Waals surface area contributed by atoms with Crippen LogP contribution in [-0.4, -0.2) is 0 Å². The van der Waals surface area contributed by atoms with Gasteiger partial charge < -0.3 is 0 Å². The highest BCUT2D eigenvalue weighted by Crippen LogP contribution is 2.34. The van der Waals surface area contributed by atoms with Crippen LogP contribution in [0, 0.1) is 0 Å². The van der Waals surface area contributed by atoms with Crippen LogP contribution in [0.5, 0.6) is 0 Å². The smallest absolute Gasteiger partial charge is 0.204 e. The standard InChI is InChI=1S/C8H9BrF2S/c1-2-3-6-5(9)4-7(12-6)8(10)11/h4,8H,2-3H2,1H3. The Bertz CT molecular complexity index is 258. The monoisotopic (exact) mass is 254 g/mol. The predicted octanol–water partition coefficient (Wildman–Crippen LogP) is 4.40. The average Bonchev–Trinajstić information content (AvgIpc) is 2.34. The molecule has 0 nitrogen and oxygen atoms in total. The Hall–Kier alpha value is 0.0400. The molecule has 0 saturated carbocycles. The quantitative estimate of drug-likeness (QED) is 0.750. The Balaban J connectivity index is 2.85. The third kappa shape index (κ3) is 2.26. The number of alkyl halides is 2. The number of hydrogen-bond acceptors (Lipinski definition) is 1. The van der Waals surface area contributed by atoms with Crippen molar-refractivity contribution in [2.24, 2.45) is 0 Å². The van der Waals surface area contributed by atoms with E-state index in [1.54, 1.807) is 0 Å². The summed E-state index contributed by atoms with van der Waals surface area (Å²) in [4.78, 5) is 1.18. The summed E-state index contributed by atoms with van der Waals surface area (Å²) in [5, 5.41) is 0. The molecule has 0 atom stereocenters. The summed E-state index contributed by atoms with van der Waals surface area (Å²) < 4.78 is 25.2. The molecule has 0 N–H and O–H groups in total. The van der Waals surface area contributed by atoms with Crippen molar-refractivity contribution in [1.82, 2.24) is 0 Å². The number of aryl methyl sites for hydroxylation is 1. The molecule has 0 aliphatic carbocycles. The van der Waals surface area contributed by atoms with Gasteiger partial charge in [0.05, 0.1) is 4.88 Å². The highest BCUT2D eigenvalue weighted by Gasteiger charge is 2.13. The third-order valence-electron chi connectivity index (χ3n) is 1.47. The first kappa shape index (κ1) is 10.1. The lowest BCUT2D eigenvalue weighted by Crippen LogP contribution is -1.75. The van der Waals surface area contributed by atoms with Gasteiger partial charge in [0.25, 0.3) is 6.43 Å². The molecule has 0 unspecified atom stereocenters. The SMILES string of the molecule is CCCc1sc(C(F)F)cc1Br. The number of hydrogen-bond donors (Lipinski definition) is 0. The van der Waals surface area contributed by atoms with E-state index in [0.717, 1.165) is 22.2 Å². The van der Waals surface area contributed by atoms with Crippen LogP contribution < -0.4 is 0 Å². The summed E-state index contributed by atoms with van der Waals surface area (Å²) in [6.45, 7) is 2.04. The molecule has 1 rings (SSSR count). The molecule has 0 radical (unpaired) electrons. The molecule has 0 fully saturated rings. The van der Waals surface area contributed by atoms with Gasteiger partial charge in [0, 0.05) is 9.35 Å². The van der Waals surface area contributed by atoms with Crippen molar-refractivity contribution in [1.29, 1.82) is 0 Å². The second-order valence-corrected chi connectivity index (χ2v) is 4.49. The van der Waals surface area contributed by atoms with Gasteiger partial charge in [-0.3, -0.25) is 0 Å². The van der Waals surface area contributed by atoms with Gasteiger partial charge in [-0.05, 0) is 28.4 Å². The molecule has 0 aliphatic rings. The molecule has 0 bridgehead atoms. The molecule has 0 amide bonds. The van der Waals surface area contributed by atoms with Gasteiger partial charge in [0.2, 0.25) is 0 Å². The molecular formula is C8H9BrF2S. The van der Waals surface area contributed by atoms with E-state index >= 15 is 0 Å². The molecule has 0 aliphatic heterocycles. The van der Waals surface area contributed by atoms with E-state index in [4.69, 9.17) is 0 Å². The van der Waals surface area contributed by atoms with E-state index in [9.17, 15) is 8.78 Å². The van der Waals surface area contributed by atoms with Gasteiger partial charge in [-0.25, -0.2) is 8.78 Å². The summed E-state index contributed by atoms with van der Waals surface area (Å²) >= 11 is 4.46. The fourth-order valence-corrected chi connectivity index (χ4v) is 2.78. The number of rotatable bonds is 3. The van der Waals surface area contributed by atoms with Gasteiger partial charge in [-0.2, -0.15) is 0 Å². The average molecular weight is 255 g/mol. The van der Waals surface area contributed by atoms with Crippen LogP contribution in [0.1, 0.15) is 29.5 Å². The van der Waals surface area contributed by atoms with Crippen LogP contribution in [0.4, 0.5) is 8.78 Å². The maximum Gasteiger partial charge on any atom is 0.272 e. The summed E-state index contributed by atoms with van der Waals surface area (Å²) in [5.41, 5.74) is 0. The van der Waals surface area contributed by atoms with E-state index in [2.05, 4.69) is 15.9 Å². The first-order valence-corrected chi connectivity index (χ1v) is 5.32. The van der Waals surface area contributed by atoms with Crippen LogP contribution in [0.15, 0.2) is 10.5 Å².